The van der Waals surface area contributed by atoms with E-state index >= 15 is 0 Å². The lowest BCUT2D eigenvalue weighted by Crippen LogP contribution is -2.46. The Bertz CT molecular complexity index is 298. The number of nitrogens with one attached hydrogen (secondary N) is 1. The van der Waals surface area contributed by atoms with Crippen LogP contribution >= 0.6 is 0 Å². The molecular formula is C12H26N2O2S. The maximum absolute atomic E-state index is 11.4. The van der Waals surface area contributed by atoms with Gasteiger partial charge in [-0.05, 0) is 38.9 Å². The van der Waals surface area contributed by atoms with Crippen molar-refractivity contribution in [3.05, 3.63) is 0 Å². The van der Waals surface area contributed by atoms with Gasteiger partial charge in [0.25, 0.3) is 0 Å². The summed E-state index contributed by atoms with van der Waals surface area (Å²) in [6.07, 6.45) is 3.23. The molecule has 17 heavy (non-hydrogen) atoms. The van der Waals surface area contributed by atoms with E-state index in [4.69, 9.17) is 0 Å². The average Bonchev–Trinajstić information content (AvgIpc) is 2.36. The van der Waals surface area contributed by atoms with Crippen molar-refractivity contribution in [2.45, 2.75) is 39.2 Å². The van der Waals surface area contributed by atoms with Crippen molar-refractivity contribution in [3.63, 3.8) is 0 Å². The van der Waals surface area contributed by atoms with Crippen molar-refractivity contribution in [3.8, 4) is 0 Å². The third kappa shape index (κ3) is 5.36. The highest BCUT2D eigenvalue weighted by Gasteiger charge is 2.19. The lowest BCUT2D eigenvalue weighted by molar-refractivity contribution is 0.174. The minimum absolute atomic E-state index is 0.268. The van der Waals surface area contributed by atoms with Crippen molar-refractivity contribution in [1.82, 2.24) is 10.2 Å². The predicted octanol–water partition coefficient (Wildman–Crippen LogP) is 0.885. The molecule has 0 aliphatic carbocycles. The minimum Gasteiger partial charge on any atom is -0.315 e. The molecule has 0 aromatic rings. The summed E-state index contributed by atoms with van der Waals surface area (Å²) < 4.78 is 22.8. The Balaban J connectivity index is 2.31. The standard InChI is InChI=1S/C12H26N2O2S/c1-3-14(12-7-5-8-13-11-12)9-6-10-17(15,16)4-2/h12-13H,3-11H2,1-2H3. The SMILES string of the molecule is CCN(CCCS(=O)(=O)CC)C1CCCNC1. The zero-order valence-electron chi connectivity index (χ0n) is 11.1. The van der Waals surface area contributed by atoms with Gasteiger partial charge in [0.1, 0.15) is 9.84 Å². The second-order valence-electron chi connectivity index (χ2n) is 4.72. The highest BCUT2D eigenvalue weighted by molar-refractivity contribution is 7.91. The Morgan fingerprint density at radius 1 is 1.35 bits per heavy atom. The summed E-state index contributed by atoms with van der Waals surface area (Å²) in [7, 11) is -2.80. The normalized spacial score (nSPS) is 21.9. The monoisotopic (exact) mass is 262 g/mol. The van der Waals surface area contributed by atoms with Crippen LogP contribution in [-0.4, -0.2) is 57.0 Å². The molecule has 1 heterocycles. The van der Waals surface area contributed by atoms with Gasteiger partial charge in [-0.15, -0.1) is 0 Å². The molecule has 1 N–H and O–H groups in total. The third-order valence-corrected chi connectivity index (χ3v) is 5.32. The van der Waals surface area contributed by atoms with Crippen LogP contribution in [0.5, 0.6) is 0 Å². The molecule has 1 unspecified atom stereocenters. The van der Waals surface area contributed by atoms with E-state index in [2.05, 4.69) is 17.1 Å². The second kappa shape index (κ2) is 7.34. The molecule has 1 atom stereocenters. The molecule has 0 saturated carbocycles. The molecule has 1 rings (SSSR count). The summed E-state index contributed by atoms with van der Waals surface area (Å²) in [6, 6.07) is 0.595. The smallest absolute Gasteiger partial charge is 0.150 e. The van der Waals surface area contributed by atoms with Gasteiger partial charge in [0.2, 0.25) is 0 Å². The number of rotatable bonds is 7. The Hall–Kier alpha value is -0.130. The first-order valence-electron chi connectivity index (χ1n) is 6.74. The van der Waals surface area contributed by atoms with Crippen LogP contribution in [0.3, 0.4) is 0 Å². The summed E-state index contributed by atoms with van der Waals surface area (Å²) >= 11 is 0. The highest BCUT2D eigenvalue weighted by Crippen LogP contribution is 2.10. The largest absolute Gasteiger partial charge is 0.315 e. The predicted molar refractivity (Wildman–Crippen MR) is 72.1 cm³/mol. The van der Waals surface area contributed by atoms with Crippen molar-refractivity contribution < 1.29 is 8.42 Å². The molecule has 0 radical (unpaired) electrons. The van der Waals surface area contributed by atoms with Gasteiger partial charge in [-0.1, -0.05) is 13.8 Å². The lowest BCUT2D eigenvalue weighted by Gasteiger charge is -2.33. The molecule has 0 amide bonds. The topological polar surface area (TPSA) is 49.4 Å². The van der Waals surface area contributed by atoms with Gasteiger partial charge < -0.3 is 5.32 Å². The summed E-state index contributed by atoms with van der Waals surface area (Å²) in [5.74, 6) is 0.601. The van der Waals surface area contributed by atoms with E-state index in [9.17, 15) is 8.42 Å². The summed E-state index contributed by atoms with van der Waals surface area (Å²) in [4.78, 5) is 2.41. The van der Waals surface area contributed by atoms with Gasteiger partial charge in [0.15, 0.2) is 0 Å². The van der Waals surface area contributed by atoms with Crippen LogP contribution in [0.4, 0.5) is 0 Å². The molecule has 5 heteroatoms. The first-order valence-corrected chi connectivity index (χ1v) is 8.56. The third-order valence-electron chi connectivity index (χ3n) is 3.53. The molecular weight excluding hydrogens is 236 g/mol. The maximum Gasteiger partial charge on any atom is 0.150 e. The van der Waals surface area contributed by atoms with Gasteiger partial charge in [0.05, 0.1) is 5.75 Å². The first kappa shape index (κ1) is 14.9. The van der Waals surface area contributed by atoms with Gasteiger partial charge >= 0.3 is 0 Å². The molecule has 1 fully saturated rings. The average molecular weight is 262 g/mol. The van der Waals surface area contributed by atoms with Crippen LogP contribution in [0.25, 0.3) is 0 Å². The zero-order chi connectivity index (χ0) is 12.7. The van der Waals surface area contributed by atoms with Gasteiger partial charge in [-0.2, -0.15) is 0 Å². The lowest BCUT2D eigenvalue weighted by atomic mass is 10.1. The summed E-state index contributed by atoms with van der Waals surface area (Å²) in [5.41, 5.74) is 0. The first-order chi connectivity index (χ1) is 8.09. The van der Waals surface area contributed by atoms with Gasteiger partial charge in [-0.3, -0.25) is 4.90 Å². The van der Waals surface area contributed by atoms with Crippen molar-refractivity contribution in [2.24, 2.45) is 0 Å². The van der Waals surface area contributed by atoms with E-state index in [1.165, 1.54) is 12.8 Å². The zero-order valence-corrected chi connectivity index (χ0v) is 11.9. The van der Waals surface area contributed by atoms with Crippen LogP contribution < -0.4 is 5.32 Å². The fourth-order valence-electron chi connectivity index (χ4n) is 2.38. The van der Waals surface area contributed by atoms with Crippen LogP contribution in [0.1, 0.15) is 33.1 Å². The van der Waals surface area contributed by atoms with E-state index in [1.54, 1.807) is 6.92 Å². The molecule has 102 valence electrons. The number of nitrogens with zero attached hydrogens (tertiary/aromatic N) is 1. The van der Waals surface area contributed by atoms with Crippen LogP contribution in [0.15, 0.2) is 0 Å². The van der Waals surface area contributed by atoms with E-state index in [0.29, 0.717) is 11.8 Å². The Morgan fingerprint density at radius 2 is 2.12 bits per heavy atom. The molecule has 1 aliphatic heterocycles. The van der Waals surface area contributed by atoms with E-state index in [0.717, 1.165) is 32.6 Å². The summed E-state index contributed by atoms with van der Waals surface area (Å²) in [5, 5.41) is 3.41. The van der Waals surface area contributed by atoms with Crippen LogP contribution in [0, 0.1) is 0 Å². The van der Waals surface area contributed by atoms with Crippen LogP contribution in [-0.2, 0) is 9.84 Å². The summed E-state index contributed by atoms with van der Waals surface area (Å²) in [6.45, 7) is 7.97. The van der Waals surface area contributed by atoms with Crippen molar-refractivity contribution >= 4 is 9.84 Å². The van der Waals surface area contributed by atoms with E-state index < -0.39 is 9.84 Å². The highest BCUT2D eigenvalue weighted by atomic mass is 32.2. The number of hydrogen-bond donors (Lipinski definition) is 1. The number of piperidine rings is 1. The van der Waals surface area contributed by atoms with Crippen LogP contribution in [0.2, 0.25) is 0 Å². The molecule has 0 aromatic heterocycles. The van der Waals surface area contributed by atoms with Crippen molar-refractivity contribution in [1.29, 1.82) is 0 Å². The Kier molecular flexibility index (Phi) is 6.44. The fraction of sp³-hybridized carbons (Fsp3) is 1.00. The fourth-order valence-corrected chi connectivity index (χ4v) is 3.23. The minimum atomic E-state index is -2.80. The Morgan fingerprint density at radius 3 is 2.65 bits per heavy atom. The number of sulfone groups is 1. The molecule has 0 bridgehead atoms. The molecule has 1 saturated heterocycles. The van der Waals surface area contributed by atoms with E-state index in [1.807, 2.05) is 0 Å². The number of hydrogen-bond acceptors (Lipinski definition) is 4. The Labute approximate surface area is 106 Å². The maximum atomic E-state index is 11.4. The van der Waals surface area contributed by atoms with E-state index in [-0.39, 0.29) is 5.75 Å². The number of likely N-dealkylation sites (N-methyl/N-ethyl adjacent to an activating group) is 1. The molecule has 1 aliphatic rings. The molecule has 4 nitrogen and oxygen atoms in total. The second-order valence-corrected chi connectivity index (χ2v) is 7.19. The molecule has 0 aromatic carbocycles. The van der Waals surface area contributed by atoms with Crippen molar-refractivity contribution in [2.75, 3.05) is 37.7 Å². The molecule has 0 spiro atoms. The van der Waals surface area contributed by atoms with Gasteiger partial charge in [-0.25, -0.2) is 8.42 Å². The quantitative estimate of drug-likeness (QED) is 0.740. The van der Waals surface area contributed by atoms with Gasteiger partial charge in [0, 0.05) is 18.3 Å².